The Hall–Kier alpha value is -2.47. The molecule has 1 N–H and O–H groups in total. The first-order valence-corrected chi connectivity index (χ1v) is 6.86. The highest BCUT2D eigenvalue weighted by Crippen LogP contribution is 2.30. The number of aliphatic hydroxyl groups is 1. The average molecular weight is 320 g/mol. The summed E-state index contributed by atoms with van der Waals surface area (Å²) in [6.45, 7) is 1.53. The molecule has 0 aliphatic heterocycles. The molecule has 120 valence electrons. The summed E-state index contributed by atoms with van der Waals surface area (Å²) >= 11 is 0. The summed E-state index contributed by atoms with van der Waals surface area (Å²) in [6.07, 6.45) is -2.71. The predicted molar refractivity (Wildman–Crippen MR) is 81.6 cm³/mol. The van der Waals surface area contributed by atoms with Crippen molar-refractivity contribution in [1.29, 1.82) is 0 Å². The van der Waals surface area contributed by atoms with Crippen LogP contribution in [0.15, 0.2) is 54.7 Å². The number of rotatable bonds is 1. The molecule has 3 nitrogen and oxygen atoms in total. The van der Waals surface area contributed by atoms with E-state index in [1.54, 1.807) is 24.4 Å². The predicted octanol–water partition coefficient (Wildman–Crippen LogP) is 4.14. The number of pyridine rings is 2. The lowest BCUT2D eigenvalue weighted by Gasteiger charge is -2.09. The maximum atomic E-state index is 12.5. The van der Waals surface area contributed by atoms with Crippen molar-refractivity contribution in [2.24, 2.45) is 0 Å². The van der Waals surface area contributed by atoms with Gasteiger partial charge < -0.3 is 5.11 Å². The van der Waals surface area contributed by atoms with Crippen LogP contribution in [0.25, 0.3) is 10.9 Å². The van der Waals surface area contributed by atoms with Gasteiger partial charge in [0.05, 0.1) is 12.1 Å². The topological polar surface area (TPSA) is 46.0 Å². The Balaban J connectivity index is 0.000000229. The molecule has 0 fully saturated rings. The Morgan fingerprint density at radius 2 is 1.74 bits per heavy atom. The second-order valence-corrected chi connectivity index (χ2v) is 4.81. The Bertz CT molecular complexity index is 774. The van der Waals surface area contributed by atoms with Crippen molar-refractivity contribution >= 4 is 10.9 Å². The van der Waals surface area contributed by atoms with E-state index < -0.39 is 18.5 Å². The number of aliphatic hydroxyl groups excluding tert-OH is 1. The highest BCUT2D eigenvalue weighted by Gasteiger charge is 2.33. The minimum atomic E-state index is -4.49. The van der Waals surface area contributed by atoms with Gasteiger partial charge in [0, 0.05) is 17.3 Å². The van der Waals surface area contributed by atoms with Crippen molar-refractivity contribution in [2.45, 2.75) is 19.7 Å². The van der Waals surface area contributed by atoms with Gasteiger partial charge in [-0.05, 0) is 36.8 Å². The molecule has 1 aromatic carbocycles. The summed E-state index contributed by atoms with van der Waals surface area (Å²) in [4.78, 5) is 7.50. The van der Waals surface area contributed by atoms with Crippen molar-refractivity contribution in [3.63, 3.8) is 0 Å². The van der Waals surface area contributed by atoms with Crippen LogP contribution in [0.3, 0.4) is 0 Å². The number of aryl methyl sites for hydroxylation is 1. The number of para-hydroxylation sites is 1. The van der Waals surface area contributed by atoms with Gasteiger partial charge >= 0.3 is 6.18 Å². The second kappa shape index (κ2) is 7.19. The average Bonchev–Trinajstić information content (AvgIpc) is 2.54. The number of halogens is 3. The van der Waals surface area contributed by atoms with Crippen LogP contribution in [0.1, 0.15) is 17.0 Å². The van der Waals surface area contributed by atoms with Gasteiger partial charge in [0.15, 0.2) is 0 Å². The van der Waals surface area contributed by atoms with E-state index in [1.807, 2.05) is 25.1 Å². The third-order valence-corrected chi connectivity index (χ3v) is 3.08. The van der Waals surface area contributed by atoms with Crippen LogP contribution in [-0.4, -0.2) is 15.1 Å². The molecule has 0 aliphatic rings. The summed E-state index contributed by atoms with van der Waals surface area (Å²) in [6, 6.07) is 13.2. The van der Waals surface area contributed by atoms with Crippen molar-refractivity contribution in [3.05, 3.63) is 71.7 Å². The number of aromatic nitrogens is 2. The summed E-state index contributed by atoms with van der Waals surface area (Å²) in [7, 11) is 0. The Labute approximate surface area is 131 Å². The van der Waals surface area contributed by atoms with Crippen LogP contribution >= 0.6 is 0 Å². The summed E-state index contributed by atoms with van der Waals surface area (Å²) in [5, 5.41) is 9.57. The van der Waals surface area contributed by atoms with Crippen LogP contribution in [-0.2, 0) is 12.8 Å². The number of benzene rings is 1. The van der Waals surface area contributed by atoms with E-state index in [0.717, 1.165) is 11.8 Å². The molecule has 0 amide bonds. The highest BCUT2D eigenvalue weighted by molar-refractivity contribution is 5.82. The van der Waals surface area contributed by atoms with Crippen molar-refractivity contribution in [2.75, 3.05) is 0 Å². The first kappa shape index (κ1) is 16.9. The van der Waals surface area contributed by atoms with Gasteiger partial charge in [-0.2, -0.15) is 13.2 Å². The van der Waals surface area contributed by atoms with E-state index in [-0.39, 0.29) is 11.1 Å². The standard InChI is InChI=1S/C11H8F3NO.C6H7N/c12-11(13,14)10-5-7(6-16)8-3-1-2-4-9(8)15-10;1-6-4-2-3-5-7-6/h1-5,16H,6H2;2-5H,1H3. The quantitative estimate of drug-likeness (QED) is 0.733. The maximum absolute atomic E-state index is 12.5. The molecule has 0 unspecified atom stereocenters. The van der Waals surface area contributed by atoms with Gasteiger partial charge in [0.1, 0.15) is 5.69 Å². The van der Waals surface area contributed by atoms with E-state index in [1.165, 1.54) is 6.07 Å². The number of alkyl halides is 3. The van der Waals surface area contributed by atoms with E-state index in [2.05, 4.69) is 9.97 Å². The first-order valence-electron chi connectivity index (χ1n) is 6.86. The number of fused-ring (bicyclic) bond motifs is 1. The molecule has 0 atom stereocenters. The molecule has 0 radical (unpaired) electrons. The fourth-order valence-electron chi connectivity index (χ4n) is 1.97. The van der Waals surface area contributed by atoms with Gasteiger partial charge in [0.2, 0.25) is 0 Å². The van der Waals surface area contributed by atoms with Crippen LogP contribution < -0.4 is 0 Å². The van der Waals surface area contributed by atoms with Crippen molar-refractivity contribution in [3.8, 4) is 0 Å². The van der Waals surface area contributed by atoms with E-state index >= 15 is 0 Å². The molecule has 0 spiro atoms. The molecule has 0 aliphatic carbocycles. The van der Waals surface area contributed by atoms with E-state index in [9.17, 15) is 13.2 Å². The van der Waals surface area contributed by atoms with Crippen LogP contribution in [0, 0.1) is 6.92 Å². The molecule has 3 aromatic rings. The largest absolute Gasteiger partial charge is 0.433 e. The van der Waals surface area contributed by atoms with Crippen LogP contribution in [0.2, 0.25) is 0 Å². The highest BCUT2D eigenvalue weighted by atomic mass is 19.4. The van der Waals surface area contributed by atoms with Gasteiger partial charge in [0.25, 0.3) is 0 Å². The zero-order chi connectivity index (χ0) is 16.9. The molecule has 23 heavy (non-hydrogen) atoms. The lowest BCUT2D eigenvalue weighted by molar-refractivity contribution is -0.141. The van der Waals surface area contributed by atoms with Crippen LogP contribution in [0.5, 0.6) is 0 Å². The minimum absolute atomic E-state index is 0.234. The zero-order valence-corrected chi connectivity index (χ0v) is 12.4. The smallest absolute Gasteiger partial charge is 0.392 e. The second-order valence-electron chi connectivity index (χ2n) is 4.81. The lowest BCUT2D eigenvalue weighted by atomic mass is 10.1. The Morgan fingerprint density at radius 1 is 1.04 bits per heavy atom. The molecule has 0 saturated heterocycles. The van der Waals surface area contributed by atoms with Crippen molar-refractivity contribution in [1.82, 2.24) is 9.97 Å². The molecular weight excluding hydrogens is 305 g/mol. The van der Waals surface area contributed by atoms with E-state index in [4.69, 9.17) is 5.11 Å². The first-order chi connectivity index (χ1) is 10.9. The number of hydrogen-bond donors (Lipinski definition) is 1. The number of hydrogen-bond acceptors (Lipinski definition) is 3. The third-order valence-electron chi connectivity index (χ3n) is 3.08. The molecule has 0 saturated carbocycles. The Kier molecular flexibility index (Phi) is 5.28. The van der Waals surface area contributed by atoms with Gasteiger partial charge in [-0.1, -0.05) is 24.3 Å². The summed E-state index contributed by atoms with van der Waals surface area (Å²) in [5.41, 5.74) is 0.567. The van der Waals surface area contributed by atoms with Crippen molar-refractivity contribution < 1.29 is 18.3 Å². The van der Waals surface area contributed by atoms with Gasteiger partial charge in [-0.3, -0.25) is 4.98 Å². The normalized spacial score (nSPS) is 11.0. The SMILES string of the molecule is Cc1ccccn1.OCc1cc(C(F)(F)F)nc2ccccc12. The van der Waals surface area contributed by atoms with Crippen LogP contribution in [0.4, 0.5) is 13.2 Å². The van der Waals surface area contributed by atoms with Gasteiger partial charge in [-0.25, -0.2) is 4.98 Å². The fourth-order valence-corrected chi connectivity index (χ4v) is 1.97. The maximum Gasteiger partial charge on any atom is 0.433 e. The van der Waals surface area contributed by atoms with Gasteiger partial charge in [-0.15, -0.1) is 0 Å². The number of nitrogens with zero attached hydrogens (tertiary/aromatic N) is 2. The minimum Gasteiger partial charge on any atom is -0.392 e. The zero-order valence-electron chi connectivity index (χ0n) is 12.4. The molecule has 0 bridgehead atoms. The third kappa shape index (κ3) is 4.50. The summed E-state index contributed by atoms with van der Waals surface area (Å²) < 4.78 is 37.5. The molecule has 6 heteroatoms. The Morgan fingerprint density at radius 3 is 2.26 bits per heavy atom. The van der Waals surface area contributed by atoms with E-state index in [0.29, 0.717) is 5.39 Å². The molecule has 2 heterocycles. The lowest BCUT2D eigenvalue weighted by Crippen LogP contribution is -2.09. The molecule has 2 aromatic heterocycles. The fraction of sp³-hybridized carbons (Fsp3) is 0.176. The molecule has 3 rings (SSSR count). The summed E-state index contributed by atoms with van der Waals surface area (Å²) in [5.74, 6) is 0. The monoisotopic (exact) mass is 320 g/mol. The molecular formula is C17H15F3N2O.